The number of amides is 1. The molecule has 1 fully saturated rings. The lowest BCUT2D eigenvalue weighted by atomic mass is 9.99. The van der Waals surface area contributed by atoms with Crippen LogP contribution >= 0.6 is 0 Å². The van der Waals surface area contributed by atoms with Gasteiger partial charge >= 0.3 is 0 Å². The zero-order valence-corrected chi connectivity index (χ0v) is 9.99. The summed E-state index contributed by atoms with van der Waals surface area (Å²) in [6.07, 6.45) is 0.0941. The fraction of sp³-hybridized carbons (Fsp3) is 0.818. The molecule has 1 heterocycles. The van der Waals surface area contributed by atoms with E-state index >= 15 is 0 Å². The van der Waals surface area contributed by atoms with E-state index in [1.807, 2.05) is 6.92 Å². The summed E-state index contributed by atoms with van der Waals surface area (Å²) in [6, 6.07) is -0.146. The molecule has 0 aromatic rings. The number of carbonyl (C=O) groups is 1. The third kappa shape index (κ3) is 2.91. The van der Waals surface area contributed by atoms with Crippen LogP contribution in [-0.2, 0) is 4.79 Å². The first-order valence-electron chi connectivity index (χ1n) is 5.66. The monoisotopic (exact) mass is 245 g/mol. The normalized spacial score (nSPS) is 26.4. The van der Waals surface area contributed by atoms with Gasteiger partial charge in [0.15, 0.2) is 0 Å². The molecular formula is C11H17F2N3O. The molecular weight excluding hydrogens is 228 g/mol. The van der Waals surface area contributed by atoms with Crippen LogP contribution in [-0.4, -0.2) is 35.4 Å². The van der Waals surface area contributed by atoms with Crippen molar-refractivity contribution in [3.63, 3.8) is 0 Å². The van der Waals surface area contributed by atoms with Gasteiger partial charge in [0, 0.05) is 6.42 Å². The summed E-state index contributed by atoms with van der Waals surface area (Å²) in [4.78, 5) is 12.8. The summed E-state index contributed by atoms with van der Waals surface area (Å²) in [5, 5.41) is 8.78. The van der Waals surface area contributed by atoms with Gasteiger partial charge in [0.05, 0.1) is 18.7 Å². The summed E-state index contributed by atoms with van der Waals surface area (Å²) < 4.78 is 26.3. The Morgan fingerprint density at radius 2 is 2.29 bits per heavy atom. The summed E-state index contributed by atoms with van der Waals surface area (Å²) in [7, 11) is 0. The van der Waals surface area contributed by atoms with Crippen molar-refractivity contribution in [2.75, 3.05) is 6.54 Å². The Labute approximate surface area is 99.4 Å². The van der Waals surface area contributed by atoms with E-state index < -0.39 is 36.9 Å². The highest BCUT2D eigenvalue weighted by Crippen LogP contribution is 2.32. The number of rotatable bonds is 3. The SMILES string of the molecule is CC[C@@H](C)[C@H](N)C(=O)N1CC(F)(F)C[C@H]1C#N. The zero-order chi connectivity index (χ0) is 13.2. The molecule has 2 N–H and O–H groups in total. The summed E-state index contributed by atoms with van der Waals surface area (Å²) >= 11 is 0. The van der Waals surface area contributed by atoms with Crippen molar-refractivity contribution in [3.05, 3.63) is 0 Å². The fourth-order valence-corrected chi connectivity index (χ4v) is 1.85. The molecule has 0 aromatic heterocycles. The van der Waals surface area contributed by atoms with Gasteiger partial charge in [-0.1, -0.05) is 20.3 Å². The van der Waals surface area contributed by atoms with Gasteiger partial charge < -0.3 is 10.6 Å². The average Bonchev–Trinajstić information content (AvgIpc) is 2.61. The predicted molar refractivity (Wildman–Crippen MR) is 58.1 cm³/mol. The maximum atomic E-state index is 13.2. The van der Waals surface area contributed by atoms with Gasteiger partial charge in [0.1, 0.15) is 6.04 Å². The molecule has 1 aliphatic heterocycles. The highest BCUT2D eigenvalue weighted by atomic mass is 19.3. The van der Waals surface area contributed by atoms with Crippen molar-refractivity contribution >= 4 is 5.91 Å². The second kappa shape index (κ2) is 4.96. The van der Waals surface area contributed by atoms with Crippen LogP contribution in [0, 0.1) is 17.2 Å². The van der Waals surface area contributed by atoms with Gasteiger partial charge in [-0.05, 0) is 5.92 Å². The quantitative estimate of drug-likeness (QED) is 0.810. The molecule has 1 aliphatic rings. The second-order valence-corrected chi connectivity index (χ2v) is 4.58. The molecule has 1 saturated heterocycles. The predicted octanol–water partition coefficient (Wildman–Crippen LogP) is 1.12. The molecule has 3 atom stereocenters. The van der Waals surface area contributed by atoms with Gasteiger partial charge in [0.25, 0.3) is 5.92 Å². The average molecular weight is 245 g/mol. The lowest BCUT2D eigenvalue weighted by Gasteiger charge is -2.25. The van der Waals surface area contributed by atoms with Crippen molar-refractivity contribution in [2.24, 2.45) is 11.7 Å². The highest BCUT2D eigenvalue weighted by Gasteiger charge is 2.48. The van der Waals surface area contributed by atoms with Crippen molar-refractivity contribution in [2.45, 2.75) is 44.7 Å². The largest absolute Gasteiger partial charge is 0.320 e. The standard InChI is InChI=1S/C11H17F2N3O/c1-3-7(2)9(15)10(17)16-6-11(12,13)4-8(16)5-14/h7-9H,3-4,6,15H2,1-2H3/t7-,8+,9+/m1/s1. The lowest BCUT2D eigenvalue weighted by molar-refractivity contribution is -0.135. The van der Waals surface area contributed by atoms with Gasteiger partial charge in [-0.25, -0.2) is 8.78 Å². The molecule has 0 bridgehead atoms. The first-order chi connectivity index (χ1) is 7.82. The van der Waals surface area contributed by atoms with Crippen LogP contribution in [0.2, 0.25) is 0 Å². The molecule has 0 aromatic carbocycles. The molecule has 0 saturated carbocycles. The maximum absolute atomic E-state index is 13.2. The Morgan fingerprint density at radius 3 is 2.76 bits per heavy atom. The molecule has 4 nitrogen and oxygen atoms in total. The number of hydrogen-bond donors (Lipinski definition) is 1. The van der Waals surface area contributed by atoms with Gasteiger partial charge in [-0.15, -0.1) is 0 Å². The van der Waals surface area contributed by atoms with Crippen LogP contribution in [0.15, 0.2) is 0 Å². The molecule has 0 aliphatic carbocycles. The van der Waals surface area contributed by atoms with E-state index in [1.165, 1.54) is 0 Å². The number of nitriles is 1. The zero-order valence-electron chi connectivity index (χ0n) is 9.99. The van der Waals surface area contributed by atoms with E-state index in [2.05, 4.69) is 0 Å². The van der Waals surface area contributed by atoms with Crippen LogP contribution in [0.5, 0.6) is 0 Å². The Morgan fingerprint density at radius 1 is 1.71 bits per heavy atom. The molecule has 1 amide bonds. The number of halogens is 2. The second-order valence-electron chi connectivity index (χ2n) is 4.58. The van der Waals surface area contributed by atoms with E-state index in [-0.39, 0.29) is 5.92 Å². The summed E-state index contributed by atoms with van der Waals surface area (Å²) in [5.74, 6) is -3.62. The van der Waals surface area contributed by atoms with Crippen LogP contribution in [0.4, 0.5) is 8.78 Å². The van der Waals surface area contributed by atoms with Crippen molar-refractivity contribution < 1.29 is 13.6 Å². The molecule has 96 valence electrons. The number of carbonyl (C=O) groups excluding carboxylic acids is 1. The minimum atomic E-state index is -2.98. The van der Waals surface area contributed by atoms with Gasteiger partial charge in [-0.3, -0.25) is 4.79 Å². The lowest BCUT2D eigenvalue weighted by Crippen LogP contribution is -2.49. The van der Waals surface area contributed by atoms with Crippen LogP contribution < -0.4 is 5.73 Å². The topological polar surface area (TPSA) is 70.1 Å². The minimum absolute atomic E-state index is 0.0870. The smallest absolute Gasteiger partial charge is 0.268 e. The third-order valence-corrected chi connectivity index (χ3v) is 3.24. The van der Waals surface area contributed by atoms with Crippen LogP contribution in [0.1, 0.15) is 26.7 Å². The molecule has 0 spiro atoms. The number of nitrogens with zero attached hydrogens (tertiary/aromatic N) is 2. The Balaban J connectivity index is 2.79. The Hall–Kier alpha value is -1.22. The van der Waals surface area contributed by atoms with E-state index in [9.17, 15) is 13.6 Å². The number of hydrogen-bond acceptors (Lipinski definition) is 3. The number of likely N-dealkylation sites (tertiary alicyclic amines) is 1. The number of alkyl halides is 2. The summed E-state index contributed by atoms with van der Waals surface area (Å²) in [6.45, 7) is 2.96. The maximum Gasteiger partial charge on any atom is 0.268 e. The number of nitrogens with two attached hydrogens (primary N) is 1. The molecule has 0 unspecified atom stereocenters. The van der Waals surface area contributed by atoms with Crippen molar-refractivity contribution in [1.82, 2.24) is 4.90 Å². The first-order valence-corrected chi connectivity index (χ1v) is 5.66. The highest BCUT2D eigenvalue weighted by molar-refractivity contribution is 5.83. The Bertz CT molecular complexity index is 340. The first kappa shape index (κ1) is 13.8. The van der Waals surface area contributed by atoms with Crippen molar-refractivity contribution in [3.8, 4) is 6.07 Å². The van der Waals surface area contributed by atoms with Crippen molar-refractivity contribution in [1.29, 1.82) is 5.26 Å². The molecule has 1 rings (SSSR count). The molecule has 17 heavy (non-hydrogen) atoms. The van der Waals surface area contributed by atoms with Crippen LogP contribution in [0.3, 0.4) is 0 Å². The fourth-order valence-electron chi connectivity index (χ4n) is 1.85. The Kier molecular flexibility index (Phi) is 4.04. The molecule has 0 radical (unpaired) electrons. The van der Waals surface area contributed by atoms with Gasteiger partial charge in [-0.2, -0.15) is 5.26 Å². The van der Waals surface area contributed by atoms with E-state index in [1.54, 1.807) is 13.0 Å². The van der Waals surface area contributed by atoms with E-state index in [0.717, 1.165) is 4.90 Å². The van der Waals surface area contributed by atoms with Gasteiger partial charge in [0.2, 0.25) is 5.91 Å². The molecule has 6 heteroatoms. The minimum Gasteiger partial charge on any atom is -0.320 e. The van der Waals surface area contributed by atoms with Crippen LogP contribution in [0.25, 0.3) is 0 Å². The third-order valence-electron chi connectivity index (χ3n) is 3.24. The van der Waals surface area contributed by atoms with E-state index in [0.29, 0.717) is 6.42 Å². The summed E-state index contributed by atoms with van der Waals surface area (Å²) in [5.41, 5.74) is 5.71. The van der Waals surface area contributed by atoms with E-state index in [4.69, 9.17) is 11.0 Å².